The molecule has 21 heavy (non-hydrogen) atoms. The van der Waals surface area contributed by atoms with E-state index in [0.717, 1.165) is 0 Å². The van der Waals surface area contributed by atoms with Gasteiger partial charge in [0, 0.05) is 15.6 Å². The lowest BCUT2D eigenvalue weighted by Crippen LogP contribution is -2.04. The summed E-state index contributed by atoms with van der Waals surface area (Å²) >= 11 is 12.1. The molecule has 2 aromatic carbocycles. The molecule has 0 amide bonds. The quantitative estimate of drug-likeness (QED) is 0.861. The van der Waals surface area contributed by atoms with E-state index in [1.807, 2.05) is 0 Å². The maximum Gasteiger partial charge on any atom is 0.338 e. The first-order valence-electron chi connectivity index (χ1n) is 5.85. The summed E-state index contributed by atoms with van der Waals surface area (Å²) < 4.78 is 4.71. The average molecular weight is 325 g/mol. The third-order valence-electron chi connectivity index (χ3n) is 2.89. The fourth-order valence-corrected chi connectivity index (χ4v) is 2.28. The van der Waals surface area contributed by atoms with Crippen LogP contribution in [-0.4, -0.2) is 24.2 Å². The summed E-state index contributed by atoms with van der Waals surface area (Å²) in [5, 5.41) is 9.78. The van der Waals surface area contributed by atoms with Crippen molar-refractivity contribution in [2.24, 2.45) is 0 Å². The fraction of sp³-hybridized carbons (Fsp3) is 0.0667. The Morgan fingerprint density at radius 1 is 1.05 bits per heavy atom. The highest BCUT2D eigenvalue weighted by atomic mass is 35.5. The second-order valence-electron chi connectivity index (χ2n) is 4.18. The zero-order valence-corrected chi connectivity index (χ0v) is 12.4. The first kappa shape index (κ1) is 15.4. The lowest BCUT2D eigenvalue weighted by atomic mass is 9.98. The van der Waals surface area contributed by atoms with Gasteiger partial charge in [-0.15, -0.1) is 0 Å². The van der Waals surface area contributed by atoms with Crippen LogP contribution < -0.4 is 0 Å². The van der Waals surface area contributed by atoms with Crippen molar-refractivity contribution in [2.75, 3.05) is 7.11 Å². The number of methoxy groups -OCH3 is 1. The highest BCUT2D eigenvalue weighted by Crippen LogP contribution is 2.33. The van der Waals surface area contributed by atoms with Gasteiger partial charge in [0.1, 0.15) is 0 Å². The van der Waals surface area contributed by atoms with Crippen LogP contribution in [0.4, 0.5) is 0 Å². The molecule has 0 aliphatic rings. The smallest absolute Gasteiger partial charge is 0.338 e. The number of hydrogen-bond acceptors (Lipinski definition) is 3. The summed E-state index contributed by atoms with van der Waals surface area (Å²) in [6, 6.07) is 8.84. The van der Waals surface area contributed by atoms with E-state index in [-0.39, 0.29) is 11.1 Å². The molecule has 0 saturated heterocycles. The van der Waals surface area contributed by atoms with Crippen molar-refractivity contribution in [1.29, 1.82) is 0 Å². The molecule has 0 aliphatic heterocycles. The Morgan fingerprint density at radius 2 is 1.76 bits per heavy atom. The summed E-state index contributed by atoms with van der Waals surface area (Å²) in [6.45, 7) is 0. The van der Waals surface area contributed by atoms with Crippen LogP contribution in [0.1, 0.15) is 20.7 Å². The highest BCUT2D eigenvalue weighted by Gasteiger charge is 2.17. The van der Waals surface area contributed by atoms with Crippen molar-refractivity contribution in [3.63, 3.8) is 0 Å². The molecule has 0 aromatic heterocycles. The molecule has 0 fully saturated rings. The molecular weight excluding hydrogens is 315 g/mol. The Morgan fingerprint density at radius 3 is 2.38 bits per heavy atom. The second kappa shape index (κ2) is 6.16. The predicted molar refractivity (Wildman–Crippen MR) is 80.2 cm³/mol. The molecule has 6 heteroatoms. The molecule has 0 heterocycles. The molecule has 0 saturated carbocycles. The van der Waals surface area contributed by atoms with Gasteiger partial charge < -0.3 is 9.84 Å². The van der Waals surface area contributed by atoms with Crippen LogP contribution in [0.2, 0.25) is 10.0 Å². The van der Waals surface area contributed by atoms with Gasteiger partial charge in [-0.05, 0) is 42.0 Å². The number of rotatable bonds is 3. The minimum absolute atomic E-state index is 0.0604. The number of hydrogen-bond donors (Lipinski definition) is 1. The maximum atomic E-state index is 11.8. The Bertz CT molecular complexity index is 726. The molecule has 0 radical (unpaired) electrons. The largest absolute Gasteiger partial charge is 0.478 e. The molecule has 1 N–H and O–H groups in total. The molecule has 0 aliphatic carbocycles. The van der Waals surface area contributed by atoms with Gasteiger partial charge in [0.2, 0.25) is 0 Å². The van der Waals surface area contributed by atoms with Crippen molar-refractivity contribution in [3.05, 3.63) is 57.6 Å². The van der Waals surface area contributed by atoms with Gasteiger partial charge in [-0.2, -0.15) is 0 Å². The van der Waals surface area contributed by atoms with Gasteiger partial charge >= 0.3 is 11.9 Å². The Labute approximate surface area is 130 Å². The van der Waals surface area contributed by atoms with Crippen molar-refractivity contribution >= 4 is 35.1 Å². The van der Waals surface area contributed by atoms with Gasteiger partial charge in [0.25, 0.3) is 0 Å². The van der Waals surface area contributed by atoms with Crippen LogP contribution in [0.15, 0.2) is 36.4 Å². The van der Waals surface area contributed by atoms with E-state index in [2.05, 4.69) is 0 Å². The van der Waals surface area contributed by atoms with E-state index in [1.54, 1.807) is 12.1 Å². The number of halogens is 2. The molecule has 4 nitrogen and oxygen atoms in total. The summed E-state index contributed by atoms with van der Waals surface area (Å²) in [7, 11) is 1.26. The topological polar surface area (TPSA) is 63.6 Å². The first-order chi connectivity index (χ1) is 9.93. The summed E-state index contributed by atoms with van der Waals surface area (Å²) in [6.07, 6.45) is 0. The normalized spacial score (nSPS) is 10.2. The summed E-state index contributed by atoms with van der Waals surface area (Å²) in [4.78, 5) is 22.9. The van der Waals surface area contributed by atoms with E-state index in [1.165, 1.54) is 31.4 Å². The van der Waals surface area contributed by atoms with E-state index >= 15 is 0 Å². The SMILES string of the molecule is COC(=O)c1ccc(Cl)cc1-c1cc(C(=O)O)ccc1Cl. The molecule has 2 rings (SSSR count). The average Bonchev–Trinajstić information content (AvgIpc) is 2.46. The summed E-state index contributed by atoms with van der Waals surface area (Å²) in [5.74, 6) is -1.65. The zero-order chi connectivity index (χ0) is 15.6. The Hall–Kier alpha value is -2.04. The minimum Gasteiger partial charge on any atom is -0.478 e. The van der Waals surface area contributed by atoms with Crippen LogP contribution in [0, 0.1) is 0 Å². The van der Waals surface area contributed by atoms with Gasteiger partial charge in [-0.25, -0.2) is 9.59 Å². The number of carboxylic acid groups (broad SMARTS) is 1. The monoisotopic (exact) mass is 324 g/mol. The lowest BCUT2D eigenvalue weighted by Gasteiger charge is -2.11. The number of esters is 1. The third-order valence-corrected chi connectivity index (χ3v) is 3.46. The van der Waals surface area contributed by atoms with Crippen LogP contribution in [0.5, 0.6) is 0 Å². The predicted octanol–water partition coefficient (Wildman–Crippen LogP) is 4.15. The van der Waals surface area contributed by atoms with Gasteiger partial charge in [-0.3, -0.25) is 0 Å². The van der Waals surface area contributed by atoms with E-state index in [0.29, 0.717) is 21.2 Å². The standard InChI is InChI=1S/C15H10Cl2O4/c1-21-15(20)10-4-3-9(16)7-11(10)12-6-8(14(18)19)2-5-13(12)17/h2-7H,1H3,(H,18,19). The highest BCUT2D eigenvalue weighted by molar-refractivity contribution is 6.34. The molecule has 108 valence electrons. The van der Waals surface area contributed by atoms with E-state index in [9.17, 15) is 9.59 Å². The van der Waals surface area contributed by atoms with Crippen molar-refractivity contribution in [1.82, 2.24) is 0 Å². The molecule has 0 atom stereocenters. The van der Waals surface area contributed by atoms with Crippen LogP contribution >= 0.6 is 23.2 Å². The van der Waals surface area contributed by atoms with E-state index < -0.39 is 11.9 Å². The molecule has 0 unspecified atom stereocenters. The number of carbonyl (C=O) groups excluding carboxylic acids is 1. The van der Waals surface area contributed by atoms with Crippen molar-refractivity contribution in [2.45, 2.75) is 0 Å². The third kappa shape index (κ3) is 3.17. The number of carboxylic acids is 1. The van der Waals surface area contributed by atoms with Gasteiger partial charge in [0.15, 0.2) is 0 Å². The molecular formula is C15H10Cl2O4. The Kier molecular flexibility index (Phi) is 4.50. The van der Waals surface area contributed by atoms with E-state index in [4.69, 9.17) is 33.0 Å². The maximum absolute atomic E-state index is 11.8. The number of carbonyl (C=O) groups is 2. The fourth-order valence-electron chi connectivity index (χ4n) is 1.89. The van der Waals surface area contributed by atoms with Crippen LogP contribution in [0.3, 0.4) is 0 Å². The van der Waals surface area contributed by atoms with Gasteiger partial charge in [-0.1, -0.05) is 23.2 Å². The molecule has 0 spiro atoms. The minimum atomic E-state index is -1.09. The number of ether oxygens (including phenoxy) is 1. The molecule has 2 aromatic rings. The second-order valence-corrected chi connectivity index (χ2v) is 5.02. The lowest BCUT2D eigenvalue weighted by molar-refractivity contribution is 0.0601. The first-order valence-corrected chi connectivity index (χ1v) is 6.60. The Balaban J connectivity index is 2.71. The van der Waals surface area contributed by atoms with Gasteiger partial charge in [0.05, 0.1) is 18.2 Å². The molecule has 0 bridgehead atoms. The number of benzene rings is 2. The number of aromatic carboxylic acids is 1. The van der Waals surface area contributed by atoms with Crippen molar-refractivity contribution in [3.8, 4) is 11.1 Å². The van der Waals surface area contributed by atoms with Crippen molar-refractivity contribution < 1.29 is 19.4 Å². The van der Waals surface area contributed by atoms with Crippen LogP contribution in [0.25, 0.3) is 11.1 Å². The summed E-state index contributed by atoms with van der Waals surface area (Å²) in [5.41, 5.74) is 1.14. The zero-order valence-electron chi connectivity index (χ0n) is 10.9. The van der Waals surface area contributed by atoms with Crippen LogP contribution in [-0.2, 0) is 4.74 Å².